The number of nitrogens with zero attached hydrogens (tertiary/aromatic N) is 1. The van der Waals surface area contributed by atoms with Gasteiger partial charge in [0.1, 0.15) is 5.41 Å². The second-order valence-electron chi connectivity index (χ2n) is 8.03. The van der Waals surface area contributed by atoms with Gasteiger partial charge in [-0.1, -0.05) is 36.8 Å². The lowest BCUT2D eigenvalue weighted by Crippen LogP contribution is -2.56. The fraction of sp³-hybridized carbons (Fsp3) is 0.500. The molecule has 4 unspecified atom stereocenters. The van der Waals surface area contributed by atoms with Gasteiger partial charge >= 0.3 is 5.97 Å². The third-order valence-electron chi connectivity index (χ3n) is 6.88. The van der Waals surface area contributed by atoms with Gasteiger partial charge in [-0.2, -0.15) is 0 Å². The van der Waals surface area contributed by atoms with Crippen LogP contribution in [0.5, 0.6) is 0 Å². The van der Waals surface area contributed by atoms with Gasteiger partial charge in [-0.25, -0.2) is 0 Å². The van der Waals surface area contributed by atoms with Crippen LogP contribution in [0.4, 0.5) is 0 Å². The number of carbonyl (C=O) groups excluding carboxylic acids is 1. The lowest BCUT2D eigenvalue weighted by Gasteiger charge is -2.43. The molecule has 0 saturated carbocycles. The Kier molecular flexibility index (Phi) is 3.54. The van der Waals surface area contributed by atoms with E-state index in [9.17, 15) is 4.79 Å². The highest BCUT2D eigenvalue weighted by Gasteiger charge is 2.57. The average molecular weight is 350 g/mol. The van der Waals surface area contributed by atoms with Crippen molar-refractivity contribution in [3.8, 4) is 0 Å². The number of para-hydroxylation sites is 1. The molecule has 0 spiro atoms. The molecule has 1 fully saturated rings. The lowest BCUT2D eigenvalue weighted by molar-refractivity contribution is -0.150. The molecule has 4 bridgehead atoms. The van der Waals surface area contributed by atoms with E-state index in [0.717, 1.165) is 50.0 Å². The highest BCUT2D eigenvalue weighted by atomic mass is 16.5. The fourth-order valence-electron chi connectivity index (χ4n) is 5.83. The Labute approximate surface area is 154 Å². The van der Waals surface area contributed by atoms with Crippen molar-refractivity contribution in [2.45, 2.75) is 44.1 Å². The number of esters is 1. The van der Waals surface area contributed by atoms with Crippen LogP contribution in [0, 0.1) is 5.92 Å². The van der Waals surface area contributed by atoms with Crippen LogP contribution in [0.3, 0.4) is 0 Å². The summed E-state index contributed by atoms with van der Waals surface area (Å²) in [5.41, 5.74) is 4.35. The maximum atomic E-state index is 13.4. The number of hydrogen-bond acceptors (Lipinski definition) is 3. The molecule has 4 nitrogen and oxygen atoms in total. The second kappa shape index (κ2) is 5.71. The summed E-state index contributed by atoms with van der Waals surface area (Å²) in [4.78, 5) is 19.6. The fourth-order valence-corrected chi connectivity index (χ4v) is 5.83. The maximum absolute atomic E-state index is 13.4. The summed E-state index contributed by atoms with van der Waals surface area (Å²) in [7, 11) is 1.54. The van der Waals surface area contributed by atoms with Crippen molar-refractivity contribution in [1.82, 2.24) is 9.88 Å². The quantitative estimate of drug-likeness (QED) is 0.665. The predicted molar refractivity (Wildman–Crippen MR) is 102 cm³/mol. The molecule has 0 radical (unpaired) electrons. The van der Waals surface area contributed by atoms with Gasteiger partial charge in [-0.3, -0.25) is 9.69 Å². The largest absolute Gasteiger partial charge is 0.468 e. The summed E-state index contributed by atoms with van der Waals surface area (Å²) in [6.07, 6.45) is 6.33. The van der Waals surface area contributed by atoms with Gasteiger partial charge in [0.15, 0.2) is 0 Å². The van der Waals surface area contributed by atoms with E-state index in [1.165, 1.54) is 16.5 Å². The number of methoxy groups -OCH3 is 1. The summed E-state index contributed by atoms with van der Waals surface area (Å²) < 4.78 is 5.46. The molecule has 4 aliphatic rings. The zero-order valence-corrected chi connectivity index (χ0v) is 15.5. The molecule has 4 heterocycles. The first-order chi connectivity index (χ1) is 12.7. The van der Waals surface area contributed by atoms with Gasteiger partial charge in [-0.05, 0) is 43.2 Å². The summed E-state index contributed by atoms with van der Waals surface area (Å²) in [6.45, 7) is 4.29. The number of ether oxygens (including phenoxy) is 1. The van der Waals surface area contributed by atoms with Gasteiger partial charge in [0.05, 0.1) is 13.2 Å². The van der Waals surface area contributed by atoms with E-state index in [4.69, 9.17) is 4.74 Å². The summed E-state index contributed by atoms with van der Waals surface area (Å²) >= 11 is 0. The minimum absolute atomic E-state index is 0.0795. The van der Waals surface area contributed by atoms with Crippen LogP contribution in [-0.4, -0.2) is 42.1 Å². The average Bonchev–Trinajstić information content (AvgIpc) is 2.79. The molecule has 1 aromatic heterocycles. The first-order valence-electron chi connectivity index (χ1n) is 9.82. The van der Waals surface area contributed by atoms with Crippen LogP contribution >= 0.6 is 0 Å². The summed E-state index contributed by atoms with van der Waals surface area (Å²) in [5.74, 6) is 0.475. The standard InChI is InChI=1S/C22H26N2O2/c1-3-15-12-14-8-10-22(21(25)26-2)19-17(9-11-24(13-14)20(15)22)16-6-4-5-7-18(16)23-19/h4-7,12,14,20,23H,3,8-11,13H2,1-2H3. The highest BCUT2D eigenvalue weighted by Crippen LogP contribution is 2.50. The van der Waals surface area contributed by atoms with Crippen molar-refractivity contribution >= 4 is 16.9 Å². The number of hydrogen-bond donors (Lipinski definition) is 1. The van der Waals surface area contributed by atoms with Gasteiger partial charge in [0, 0.05) is 29.7 Å². The van der Waals surface area contributed by atoms with Gasteiger partial charge in [0.25, 0.3) is 0 Å². The third kappa shape index (κ3) is 1.96. The minimum atomic E-state index is -0.618. The topological polar surface area (TPSA) is 45.3 Å². The van der Waals surface area contributed by atoms with Crippen molar-refractivity contribution in [3.05, 3.63) is 47.2 Å². The first kappa shape index (κ1) is 16.1. The number of H-pyrrole nitrogens is 1. The van der Waals surface area contributed by atoms with Gasteiger partial charge < -0.3 is 9.72 Å². The molecule has 2 aromatic rings. The van der Waals surface area contributed by atoms with E-state index in [-0.39, 0.29) is 12.0 Å². The summed E-state index contributed by atoms with van der Waals surface area (Å²) in [6, 6.07) is 8.58. The molecule has 0 amide bonds. The molecule has 4 heteroatoms. The number of aromatic nitrogens is 1. The maximum Gasteiger partial charge on any atom is 0.319 e. The molecule has 4 atom stereocenters. The zero-order valence-electron chi connectivity index (χ0n) is 15.5. The monoisotopic (exact) mass is 350 g/mol. The third-order valence-corrected chi connectivity index (χ3v) is 6.88. The zero-order chi connectivity index (χ0) is 17.9. The molecule has 26 heavy (non-hydrogen) atoms. The van der Waals surface area contributed by atoms with Crippen LogP contribution in [0.25, 0.3) is 10.9 Å². The first-order valence-corrected chi connectivity index (χ1v) is 9.82. The number of rotatable bonds is 2. The van der Waals surface area contributed by atoms with E-state index < -0.39 is 5.41 Å². The molecule has 6 rings (SSSR count). The Morgan fingerprint density at radius 1 is 1.38 bits per heavy atom. The van der Waals surface area contributed by atoms with Crippen LogP contribution in [0.15, 0.2) is 35.9 Å². The Hall–Kier alpha value is -2.07. The van der Waals surface area contributed by atoms with E-state index in [1.54, 1.807) is 7.11 Å². The second-order valence-corrected chi connectivity index (χ2v) is 8.03. The number of fused-ring (bicyclic) bond motifs is 4. The van der Waals surface area contributed by atoms with Crippen LogP contribution in [0.1, 0.15) is 37.4 Å². The van der Waals surface area contributed by atoms with Crippen LogP contribution in [-0.2, 0) is 21.4 Å². The molecule has 136 valence electrons. The number of carbonyl (C=O) groups is 1. The molecule has 3 aliphatic heterocycles. The van der Waals surface area contributed by atoms with Crippen molar-refractivity contribution in [2.24, 2.45) is 5.92 Å². The Balaban J connectivity index is 1.84. The van der Waals surface area contributed by atoms with E-state index in [0.29, 0.717) is 5.92 Å². The van der Waals surface area contributed by atoms with Gasteiger partial charge in [-0.15, -0.1) is 0 Å². The Morgan fingerprint density at radius 2 is 2.23 bits per heavy atom. The SMILES string of the molecule is CCC1=CC2CCC3(C(=O)OC)c4[nH]c5ccccc5c4CCN(C2)C13. The number of aromatic amines is 1. The number of benzene rings is 1. The van der Waals surface area contributed by atoms with Crippen molar-refractivity contribution < 1.29 is 9.53 Å². The summed E-state index contributed by atoms with van der Waals surface area (Å²) in [5, 5.41) is 1.26. The van der Waals surface area contributed by atoms with E-state index in [2.05, 4.69) is 47.1 Å². The van der Waals surface area contributed by atoms with Crippen molar-refractivity contribution in [3.63, 3.8) is 0 Å². The van der Waals surface area contributed by atoms with Crippen molar-refractivity contribution in [1.29, 1.82) is 0 Å². The number of nitrogens with one attached hydrogen (secondary N) is 1. The molecule has 1 N–H and O–H groups in total. The Morgan fingerprint density at radius 3 is 3.04 bits per heavy atom. The molecule has 1 saturated heterocycles. The van der Waals surface area contributed by atoms with Crippen LogP contribution in [0.2, 0.25) is 0 Å². The van der Waals surface area contributed by atoms with Gasteiger partial charge in [0.2, 0.25) is 0 Å². The lowest BCUT2D eigenvalue weighted by atomic mass is 9.70. The van der Waals surface area contributed by atoms with Crippen molar-refractivity contribution in [2.75, 3.05) is 20.2 Å². The molecule has 1 aliphatic carbocycles. The smallest absolute Gasteiger partial charge is 0.319 e. The van der Waals surface area contributed by atoms with E-state index >= 15 is 0 Å². The molecular formula is C22H26N2O2. The normalized spacial score (nSPS) is 32.5. The minimum Gasteiger partial charge on any atom is -0.468 e. The Bertz CT molecular complexity index is 912. The highest BCUT2D eigenvalue weighted by molar-refractivity contribution is 5.92. The molecule has 1 aromatic carbocycles. The predicted octanol–water partition coefficient (Wildman–Crippen LogP) is 3.57. The van der Waals surface area contributed by atoms with Crippen LogP contribution < -0.4 is 0 Å². The molecular weight excluding hydrogens is 324 g/mol. The van der Waals surface area contributed by atoms with E-state index in [1.807, 2.05) is 0 Å².